The van der Waals surface area contributed by atoms with Gasteiger partial charge in [0, 0.05) is 16.9 Å². The summed E-state index contributed by atoms with van der Waals surface area (Å²) in [5.41, 5.74) is 0. The quantitative estimate of drug-likeness (QED) is 0.323. The van der Waals surface area contributed by atoms with Gasteiger partial charge in [0.05, 0.1) is 12.1 Å². The molecule has 1 fully saturated rings. The summed E-state index contributed by atoms with van der Waals surface area (Å²) < 4.78 is 0. The molecule has 3 aliphatic carbocycles. The Morgan fingerprint density at radius 1 is 1.13 bits per heavy atom. The summed E-state index contributed by atoms with van der Waals surface area (Å²) in [5.74, 6) is 1.09. The maximum Gasteiger partial charge on any atom is 0.141 e. The van der Waals surface area contributed by atoms with E-state index in [0.29, 0.717) is 24.7 Å². The second-order valence-electron chi connectivity index (χ2n) is 10.3. The highest BCUT2D eigenvalue weighted by molar-refractivity contribution is 6.29. The number of carbonyl (C=O) groups is 1. The van der Waals surface area contributed by atoms with Crippen molar-refractivity contribution in [1.82, 2.24) is 5.23 Å². The number of rotatable bonds is 8. The molecule has 3 rings (SSSR count). The van der Waals surface area contributed by atoms with E-state index in [-0.39, 0.29) is 28.8 Å². The number of hydroxylamine groups is 2. The van der Waals surface area contributed by atoms with E-state index in [0.717, 1.165) is 56.4 Å². The van der Waals surface area contributed by atoms with Gasteiger partial charge in [0.25, 0.3) is 0 Å². The smallest absolute Gasteiger partial charge is 0.141 e. The molecule has 5 atom stereocenters. The zero-order valence-electron chi connectivity index (χ0n) is 19.0. The monoisotopic (exact) mass is 453 g/mol. The van der Waals surface area contributed by atoms with Crippen molar-refractivity contribution in [2.75, 3.05) is 0 Å². The third kappa shape index (κ3) is 6.42. The molecule has 0 bridgehead atoms. The Morgan fingerprint density at radius 2 is 1.84 bits per heavy atom. The lowest BCUT2D eigenvalue weighted by molar-refractivity contribution is -0.339. The number of nitrogens with zero attached hydrogens (tertiary/aromatic N) is 1. The highest BCUT2D eigenvalue weighted by Gasteiger charge is 2.39. The summed E-state index contributed by atoms with van der Waals surface area (Å²) in [4.78, 5) is 13.5. The van der Waals surface area contributed by atoms with Crippen LogP contribution in [-0.4, -0.2) is 38.7 Å². The average molecular weight is 454 g/mol. The first-order valence-corrected chi connectivity index (χ1v) is 12.6. The van der Waals surface area contributed by atoms with Gasteiger partial charge in [0.15, 0.2) is 0 Å². The predicted molar refractivity (Wildman–Crippen MR) is 122 cm³/mol. The molecule has 0 aromatic rings. The van der Waals surface area contributed by atoms with E-state index < -0.39 is 18.1 Å². The SMILES string of the molecule is CC(C)[C@H](C(=O)C1CCC(C2CC=C(Cl)CC2)CC1)C(O)CC1C=CCCC1N(O)O. The third-order valence-corrected chi connectivity index (χ3v) is 8.36. The standard InChI is InChI=1S/C25H40ClNO4/c1-16(2)24(23(28)15-20-5-3-4-6-22(20)27(30)31)25(29)19-9-7-17(8-10-19)18-11-13-21(26)14-12-18/h3,5,13,16-20,22-24,28,30-31H,4,6-12,14-15H2,1-2H3/t17?,18?,19?,20?,22?,23?,24-/m0/s1. The first-order chi connectivity index (χ1) is 14.8. The van der Waals surface area contributed by atoms with Crippen molar-refractivity contribution in [3.63, 3.8) is 0 Å². The van der Waals surface area contributed by atoms with Crippen molar-refractivity contribution in [3.05, 3.63) is 23.3 Å². The van der Waals surface area contributed by atoms with Gasteiger partial charge in [0.1, 0.15) is 5.78 Å². The molecule has 0 amide bonds. The van der Waals surface area contributed by atoms with Crippen LogP contribution in [0.5, 0.6) is 0 Å². The molecule has 176 valence electrons. The van der Waals surface area contributed by atoms with Crippen molar-refractivity contribution in [3.8, 4) is 0 Å². The molecule has 6 heteroatoms. The van der Waals surface area contributed by atoms with Gasteiger partial charge >= 0.3 is 0 Å². The molecule has 31 heavy (non-hydrogen) atoms. The van der Waals surface area contributed by atoms with E-state index in [1.54, 1.807) is 0 Å². The summed E-state index contributed by atoms with van der Waals surface area (Å²) in [6, 6.07) is -0.434. The van der Waals surface area contributed by atoms with Crippen LogP contribution in [0.15, 0.2) is 23.3 Å². The molecule has 0 aromatic carbocycles. The molecule has 5 nitrogen and oxygen atoms in total. The molecule has 3 aliphatic rings. The highest BCUT2D eigenvalue weighted by Crippen LogP contribution is 2.42. The van der Waals surface area contributed by atoms with Crippen molar-refractivity contribution in [2.45, 2.75) is 90.2 Å². The molecule has 0 heterocycles. The molecule has 0 saturated heterocycles. The van der Waals surface area contributed by atoms with Crippen LogP contribution in [-0.2, 0) is 4.79 Å². The predicted octanol–water partition coefficient (Wildman–Crippen LogP) is 5.72. The maximum atomic E-state index is 13.5. The van der Waals surface area contributed by atoms with E-state index in [1.807, 2.05) is 26.0 Å². The molecule has 0 radical (unpaired) electrons. The van der Waals surface area contributed by atoms with E-state index in [1.165, 1.54) is 0 Å². The van der Waals surface area contributed by atoms with Gasteiger partial charge in [0.2, 0.25) is 0 Å². The summed E-state index contributed by atoms with van der Waals surface area (Å²) >= 11 is 6.13. The summed E-state index contributed by atoms with van der Waals surface area (Å²) in [6.45, 7) is 4.02. The fourth-order valence-corrected chi connectivity index (χ4v) is 6.39. The van der Waals surface area contributed by atoms with Gasteiger partial charge in [-0.1, -0.05) is 48.9 Å². The molecule has 0 aliphatic heterocycles. The zero-order valence-corrected chi connectivity index (χ0v) is 19.8. The minimum Gasteiger partial charge on any atom is -0.392 e. The number of aliphatic hydroxyl groups excluding tert-OH is 1. The summed E-state index contributed by atoms with van der Waals surface area (Å²) in [6.07, 6.45) is 14.4. The molecular formula is C25H40ClNO4. The van der Waals surface area contributed by atoms with E-state index >= 15 is 0 Å². The Morgan fingerprint density at radius 3 is 2.42 bits per heavy atom. The van der Waals surface area contributed by atoms with Crippen LogP contribution < -0.4 is 0 Å². The van der Waals surface area contributed by atoms with Gasteiger partial charge in [-0.2, -0.15) is 0 Å². The van der Waals surface area contributed by atoms with Crippen molar-refractivity contribution < 1.29 is 20.3 Å². The largest absolute Gasteiger partial charge is 0.392 e. The Hall–Kier alpha value is -0.720. The van der Waals surface area contributed by atoms with E-state index in [2.05, 4.69) is 6.08 Å². The topological polar surface area (TPSA) is 81.0 Å². The van der Waals surface area contributed by atoms with E-state index in [4.69, 9.17) is 11.6 Å². The van der Waals surface area contributed by atoms with Crippen LogP contribution in [0, 0.1) is 35.5 Å². The lowest BCUT2D eigenvalue weighted by Crippen LogP contribution is -2.43. The Labute approximate surface area is 192 Å². The molecule has 1 saturated carbocycles. The minimum atomic E-state index is -0.772. The molecular weight excluding hydrogens is 414 g/mol. The lowest BCUT2D eigenvalue weighted by atomic mass is 9.68. The second kappa shape index (κ2) is 11.4. The van der Waals surface area contributed by atoms with Crippen molar-refractivity contribution in [2.24, 2.45) is 35.5 Å². The van der Waals surface area contributed by atoms with Gasteiger partial charge in [-0.3, -0.25) is 15.2 Å². The number of Topliss-reactive ketones (excluding diaryl/α,β-unsaturated/α-hetero) is 1. The molecule has 0 aromatic heterocycles. The number of hydrogen-bond acceptors (Lipinski definition) is 5. The van der Waals surface area contributed by atoms with Crippen LogP contribution in [0.1, 0.15) is 78.1 Å². The number of halogens is 1. The van der Waals surface area contributed by atoms with Crippen LogP contribution in [0.25, 0.3) is 0 Å². The number of aliphatic hydroxyl groups is 1. The minimum absolute atomic E-state index is 0.0332. The van der Waals surface area contributed by atoms with Gasteiger partial charge < -0.3 is 5.11 Å². The summed E-state index contributed by atoms with van der Waals surface area (Å²) in [7, 11) is 0. The molecule has 0 spiro atoms. The van der Waals surface area contributed by atoms with Crippen molar-refractivity contribution >= 4 is 17.4 Å². The number of carbonyl (C=O) groups excluding carboxylic acids is 1. The van der Waals surface area contributed by atoms with Crippen LogP contribution in [0.4, 0.5) is 0 Å². The zero-order chi connectivity index (χ0) is 22.5. The maximum absolute atomic E-state index is 13.5. The molecule has 3 N–H and O–H groups in total. The molecule has 4 unspecified atom stereocenters. The fourth-order valence-electron chi connectivity index (χ4n) is 6.19. The van der Waals surface area contributed by atoms with Gasteiger partial charge in [-0.25, -0.2) is 0 Å². The number of allylic oxidation sites excluding steroid dienone is 3. The van der Waals surface area contributed by atoms with Crippen LogP contribution in [0.3, 0.4) is 0 Å². The first-order valence-electron chi connectivity index (χ1n) is 12.2. The Balaban J connectivity index is 1.58. The fraction of sp³-hybridized carbons (Fsp3) is 0.800. The average Bonchev–Trinajstić information content (AvgIpc) is 2.74. The first kappa shape index (κ1) is 24.9. The summed E-state index contributed by atoms with van der Waals surface area (Å²) in [5, 5.41) is 31.5. The van der Waals surface area contributed by atoms with Gasteiger partial charge in [-0.15, -0.1) is 0 Å². The van der Waals surface area contributed by atoms with Gasteiger partial charge in [-0.05, 0) is 87.9 Å². The third-order valence-electron chi connectivity index (χ3n) is 8.02. The van der Waals surface area contributed by atoms with E-state index in [9.17, 15) is 20.3 Å². The van der Waals surface area contributed by atoms with Crippen molar-refractivity contribution in [1.29, 1.82) is 0 Å². The number of ketones is 1. The number of hydrogen-bond donors (Lipinski definition) is 3. The Bertz CT molecular complexity index is 654. The van der Waals surface area contributed by atoms with Crippen LogP contribution in [0.2, 0.25) is 0 Å². The second-order valence-corrected chi connectivity index (χ2v) is 10.8. The van der Waals surface area contributed by atoms with Crippen LogP contribution >= 0.6 is 11.6 Å². The lowest BCUT2D eigenvalue weighted by Gasteiger charge is -2.38. The normalized spacial score (nSPS) is 33.9. The Kier molecular flexibility index (Phi) is 9.18. The highest BCUT2D eigenvalue weighted by atomic mass is 35.5.